The highest BCUT2D eigenvalue weighted by atomic mass is 16.6. The third-order valence-corrected chi connectivity index (χ3v) is 16.1. The van der Waals surface area contributed by atoms with Crippen molar-refractivity contribution in [2.75, 3.05) is 39.5 Å². The van der Waals surface area contributed by atoms with Crippen molar-refractivity contribution in [3.63, 3.8) is 0 Å². The molecule has 1 heterocycles. The minimum Gasteiger partial charge on any atom is -0.461 e. The standard InChI is InChI=1S/C58H93N3O13/c1-42(33-46-19-9-5-10-20-46)54(64)69-37-50(38-70-55(65)43(2)34-47-21-11-6-12-22-47)73-52(62)27-17-30-60(58(68)61-32-29-59-41-61)31-18-28-53(63)74-51(39-71-56(66)44(3)35-48-23-13-7-14-24-48)40-72-57(67)45(4)36-49-25-15-8-16-26-49/h29,32,41-51H,5-28,30-31,33-40H2,1-4H3/t42-,43?,44?,45?,50?,51?/m0/s1. The Bertz CT molecular complexity index is 1640. The summed E-state index contributed by atoms with van der Waals surface area (Å²) < 4.78 is 35.7. The van der Waals surface area contributed by atoms with E-state index in [1.807, 2.05) is 27.7 Å². The number of esters is 6. The molecule has 1 aromatic rings. The van der Waals surface area contributed by atoms with Crippen LogP contribution in [0, 0.1) is 47.3 Å². The number of amides is 1. The van der Waals surface area contributed by atoms with Gasteiger partial charge >= 0.3 is 41.8 Å². The largest absolute Gasteiger partial charge is 0.461 e. The highest BCUT2D eigenvalue weighted by Crippen LogP contribution is 2.33. The predicted octanol–water partition coefficient (Wildman–Crippen LogP) is 11.1. The first kappa shape index (κ1) is 60.4. The molecule has 4 fully saturated rings. The Morgan fingerprint density at radius 2 is 0.770 bits per heavy atom. The monoisotopic (exact) mass is 1040 g/mol. The smallest absolute Gasteiger partial charge is 0.329 e. The van der Waals surface area contributed by atoms with Crippen LogP contribution in [0.1, 0.15) is 207 Å². The van der Waals surface area contributed by atoms with Crippen LogP contribution in [0.5, 0.6) is 0 Å². The van der Waals surface area contributed by atoms with Crippen molar-refractivity contribution in [1.82, 2.24) is 14.5 Å². The van der Waals surface area contributed by atoms with E-state index in [2.05, 4.69) is 4.98 Å². The number of carbonyl (C=O) groups is 7. The van der Waals surface area contributed by atoms with Crippen molar-refractivity contribution >= 4 is 41.8 Å². The third-order valence-electron chi connectivity index (χ3n) is 16.1. The number of carbonyl (C=O) groups excluding carboxylic acids is 7. The van der Waals surface area contributed by atoms with E-state index in [0.29, 0.717) is 23.7 Å². The fourth-order valence-electron chi connectivity index (χ4n) is 11.7. The summed E-state index contributed by atoms with van der Waals surface area (Å²) in [6, 6.07) is -0.410. The first-order chi connectivity index (χ1) is 35.7. The average Bonchev–Trinajstić information content (AvgIpc) is 3.96. The van der Waals surface area contributed by atoms with E-state index < -0.39 is 30.2 Å². The van der Waals surface area contributed by atoms with Gasteiger partial charge in [0.05, 0.1) is 23.7 Å². The van der Waals surface area contributed by atoms with Crippen molar-refractivity contribution in [3.8, 4) is 0 Å². The van der Waals surface area contributed by atoms with Crippen LogP contribution in [0.3, 0.4) is 0 Å². The number of hydrogen-bond acceptors (Lipinski definition) is 14. The van der Waals surface area contributed by atoms with Gasteiger partial charge in [-0.25, -0.2) is 9.78 Å². The van der Waals surface area contributed by atoms with Crippen LogP contribution in [0.15, 0.2) is 18.7 Å². The molecule has 0 aliphatic heterocycles. The van der Waals surface area contributed by atoms with E-state index in [-0.39, 0.29) is 113 Å². The van der Waals surface area contributed by atoms with Gasteiger partial charge in [0.1, 0.15) is 32.8 Å². The van der Waals surface area contributed by atoms with Crippen LogP contribution < -0.4 is 0 Å². The molecule has 16 heteroatoms. The van der Waals surface area contributed by atoms with Gasteiger partial charge in [0.25, 0.3) is 0 Å². The molecule has 4 aliphatic rings. The van der Waals surface area contributed by atoms with E-state index in [9.17, 15) is 33.6 Å². The van der Waals surface area contributed by atoms with Crippen LogP contribution in [0.25, 0.3) is 0 Å². The van der Waals surface area contributed by atoms with Gasteiger partial charge in [-0.3, -0.25) is 33.3 Å². The van der Waals surface area contributed by atoms with Crippen molar-refractivity contribution in [2.45, 2.75) is 220 Å². The summed E-state index contributed by atoms with van der Waals surface area (Å²) in [7, 11) is 0. The summed E-state index contributed by atoms with van der Waals surface area (Å²) in [4.78, 5) is 98.6. The van der Waals surface area contributed by atoms with Crippen LogP contribution in [-0.2, 0) is 57.2 Å². The van der Waals surface area contributed by atoms with E-state index in [0.717, 1.165) is 77.0 Å². The zero-order valence-corrected chi connectivity index (χ0v) is 45.7. The number of ether oxygens (including phenoxy) is 6. The zero-order valence-electron chi connectivity index (χ0n) is 45.7. The molecule has 0 aromatic carbocycles. The van der Waals surface area contributed by atoms with Gasteiger partial charge in [0.15, 0.2) is 12.2 Å². The molecule has 74 heavy (non-hydrogen) atoms. The van der Waals surface area contributed by atoms with Crippen molar-refractivity contribution < 1.29 is 62.0 Å². The number of nitrogens with zero attached hydrogens (tertiary/aromatic N) is 3. The first-order valence-electron chi connectivity index (χ1n) is 29.1. The average molecular weight is 1040 g/mol. The van der Waals surface area contributed by atoms with Crippen LogP contribution in [0.2, 0.25) is 0 Å². The summed E-state index contributed by atoms with van der Waals surface area (Å²) in [5, 5.41) is 0. The van der Waals surface area contributed by atoms with Crippen LogP contribution in [0.4, 0.5) is 4.79 Å². The molecule has 0 N–H and O–H groups in total. The van der Waals surface area contributed by atoms with E-state index >= 15 is 0 Å². The quantitative estimate of drug-likeness (QED) is 0.0521. The lowest BCUT2D eigenvalue weighted by molar-refractivity contribution is -0.169. The molecule has 0 spiro atoms. The second-order valence-electron chi connectivity index (χ2n) is 22.8. The molecule has 1 amide bonds. The summed E-state index contributed by atoms with van der Waals surface area (Å²) >= 11 is 0. The molecular weight excluding hydrogens is 947 g/mol. The van der Waals surface area contributed by atoms with Crippen molar-refractivity contribution in [3.05, 3.63) is 18.7 Å². The maximum Gasteiger partial charge on any atom is 0.329 e. The van der Waals surface area contributed by atoms with Crippen LogP contribution >= 0.6 is 0 Å². The Kier molecular flexibility index (Phi) is 27.3. The Morgan fingerprint density at radius 1 is 0.473 bits per heavy atom. The van der Waals surface area contributed by atoms with E-state index in [1.54, 1.807) is 0 Å². The highest BCUT2D eigenvalue weighted by molar-refractivity contribution is 5.77. The summed E-state index contributed by atoms with van der Waals surface area (Å²) in [5.41, 5.74) is 0. The molecule has 5 rings (SSSR count). The van der Waals surface area contributed by atoms with Gasteiger partial charge in [-0.2, -0.15) is 0 Å². The molecular formula is C58H93N3O13. The van der Waals surface area contributed by atoms with Crippen molar-refractivity contribution in [1.29, 1.82) is 0 Å². The Morgan fingerprint density at radius 3 is 1.04 bits per heavy atom. The lowest BCUT2D eigenvalue weighted by Crippen LogP contribution is -2.37. The molecule has 4 unspecified atom stereocenters. The maximum atomic E-state index is 13.7. The van der Waals surface area contributed by atoms with E-state index in [4.69, 9.17) is 28.4 Å². The van der Waals surface area contributed by atoms with Gasteiger partial charge < -0.3 is 33.3 Å². The van der Waals surface area contributed by atoms with Gasteiger partial charge in [0, 0.05) is 38.3 Å². The third kappa shape index (κ3) is 22.8. The predicted molar refractivity (Wildman–Crippen MR) is 278 cm³/mol. The fourth-order valence-corrected chi connectivity index (χ4v) is 11.7. The Hall–Kier alpha value is -4.50. The SMILES string of the molecule is CC(CC1CCCCC1)C(=O)OCC(COC(=O)C(C)CC1CCCCC1)OC(=O)CCCN(CCCC(=O)OC(COC(=O)C(C)CC1CCCCC1)COC(=O)[C@@H](C)CC1CCCCC1)C(=O)n1ccnc1. The van der Waals surface area contributed by atoms with Gasteiger partial charge in [-0.05, 0) is 62.2 Å². The van der Waals surface area contributed by atoms with Gasteiger partial charge in [0.2, 0.25) is 0 Å². The molecule has 4 saturated carbocycles. The maximum absolute atomic E-state index is 13.7. The number of imidazole rings is 1. The first-order valence-corrected chi connectivity index (χ1v) is 29.1. The lowest BCUT2D eigenvalue weighted by Gasteiger charge is -2.25. The topological polar surface area (TPSA) is 196 Å². The summed E-state index contributed by atoms with van der Waals surface area (Å²) in [6.07, 6.45) is 28.5. The van der Waals surface area contributed by atoms with Crippen molar-refractivity contribution in [2.24, 2.45) is 47.3 Å². The van der Waals surface area contributed by atoms with Gasteiger partial charge in [-0.1, -0.05) is 156 Å². The molecule has 418 valence electrons. The second kappa shape index (κ2) is 33.5. The Balaban J connectivity index is 1.13. The lowest BCUT2D eigenvalue weighted by atomic mass is 9.83. The number of aromatic nitrogens is 2. The molecule has 5 atom stereocenters. The Labute approximate surface area is 442 Å². The molecule has 0 radical (unpaired) electrons. The minimum absolute atomic E-state index is 0.0953. The molecule has 16 nitrogen and oxygen atoms in total. The fraction of sp³-hybridized carbons (Fsp3) is 0.828. The molecule has 0 saturated heterocycles. The zero-order chi connectivity index (χ0) is 53.1. The summed E-state index contributed by atoms with van der Waals surface area (Å²) in [6.45, 7) is 6.68. The summed E-state index contributed by atoms with van der Waals surface area (Å²) in [5.74, 6) is -2.09. The number of hydrogen-bond donors (Lipinski definition) is 0. The molecule has 4 aliphatic carbocycles. The number of rotatable bonds is 30. The second-order valence-corrected chi connectivity index (χ2v) is 22.8. The molecule has 1 aromatic heterocycles. The minimum atomic E-state index is -1.01. The molecule has 0 bridgehead atoms. The van der Waals surface area contributed by atoms with Gasteiger partial charge in [-0.15, -0.1) is 0 Å². The van der Waals surface area contributed by atoms with E-state index in [1.165, 1.54) is 105 Å². The highest BCUT2D eigenvalue weighted by Gasteiger charge is 2.30. The van der Waals surface area contributed by atoms with Crippen LogP contribution in [-0.4, -0.2) is 108 Å². The normalized spacial score (nSPS) is 19.7.